The van der Waals surface area contributed by atoms with Crippen molar-refractivity contribution in [2.75, 3.05) is 0 Å². The summed E-state index contributed by atoms with van der Waals surface area (Å²) in [4.78, 5) is 0. The number of hydrogen-bond donors (Lipinski definition) is 0. The van der Waals surface area contributed by atoms with Crippen molar-refractivity contribution in [3.8, 4) is 11.1 Å². The predicted molar refractivity (Wildman–Crippen MR) is 94.0 cm³/mol. The van der Waals surface area contributed by atoms with Crippen LogP contribution in [-0.2, 0) is 12.8 Å². The van der Waals surface area contributed by atoms with Crippen LogP contribution in [0.25, 0.3) is 17.2 Å². The van der Waals surface area contributed by atoms with E-state index in [1.165, 1.54) is 38.9 Å². The van der Waals surface area contributed by atoms with Crippen LogP contribution in [-0.4, -0.2) is 0 Å². The van der Waals surface area contributed by atoms with Gasteiger partial charge in [-0.1, -0.05) is 79.4 Å². The van der Waals surface area contributed by atoms with Crippen LogP contribution >= 0.6 is 0 Å². The van der Waals surface area contributed by atoms with Gasteiger partial charge in [0, 0.05) is 0 Å². The summed E-state index contributed by atoms with van der Waals surface area (Å²) in [6, 6.07) is 24.2. The van der Waals surface area contributed by atoms with Crippen molar-refractivity contribution >= 4 is 6.08 Å². The van der Waals surface area contributed by atoms with Crippen LogP contribution < -0.4 is 0 Å². The molecule has 1 aliphatic rings. The van der Waals surface area contributed by atoms with E-state index in [4.69, 9.17) is 0 Å². The van der Waals surface area contributed by atoms with E-state index >= 15 is 0 Å². The van der Waals surface area contributed by atoms with Crippen LogP contribution in [0.3, 0.4) is 0 Å². The lowest BCUT2D eigenvalue weighted by molar-refractivity contribution is 1.12. The molecule has 0 nitrogen and oxygen atoms in total. The Morgan fingerprint density at radius 1 is 0.818 bits per heavy atom. The van der Waals surface area contributed by atoms with Crippen molar-refractivity contribution in [2.24, 2.45) is 0 Å². The molecule has 0 heteroatoms. The van der Waals surface area contributed by atoms with E-state index in [1.54, 1.807) is 0 Å². The second-order valence-electron chi connectivity index (χ2n) is 5.90. The van der Waals surface area contributed by atoms with Gasteiger partial charge in [0.05, 0.1) is 0 Å². The van der Waals surface area contributed by atoms with E-state index < -0.39 is 0 Å². The van der Waals surface area contributed by atoms with Crippen molar-refractivity contribution < 1.29 is 0 Å². The van der Waals surface area contributed by atoms with Crippen molar-refractivity contribution in [1.82, 2.24) is 0 Å². The van der Waals surface area contributed by atoms with Gasteiger partial charge in [-0.2, -0.15) is 0 Å². The third-order valence-electron chi connectivity index (χ3n) is 4.56. The lowest BCUT2D eigenvalue weighted by Crippen LogP contribution is -1.94. The summed E-state index contributed by atoms with van der Waals surface area (Å²) in [5, 5.41) is 0. The summed E-state index contributed by atoms with van der Waals surface area (Å²) in [5.41, 5.74) is 9.74. The zero-order valence-electron chi connectivity index (χ0n) is 12.5. The van der Waals surface area contributed by atoms with Crippen LogP contribution in [0.15, 0.2) is 73.3 Å². The molecule has 0 radical (unpaired) electrons. The third-order valence-corrected chi connectivity index (χ3v) is 4.56. The lowest BCUT2D eigenvalue weighted by atomic mass is 9.95. The zero-order valence-corrected chi connectivity index (χ0v) is 12.5. The molecule has 0 amide bonds. The topological polar surface area (TPSA) is 0 Å². The van der Waals surface area contributed by atoms with Crippen LogP contribution in [0, 0.1) is 0 Å². The smallest absolute Gasteiger partial charge is 0.00106 e. The first-order valence-corrected chi connectivity index (χ1v) is 7.75. The van der Waals surface area contributed by atoms with Gasteiger partial charge in [0.2, 0.25) is 0 Å². The predicted octanol–water partition coefficient (Wildman–Crippen LogP) is 5.49. The van der Waals surface area contributed by atoms with Gasteiger partial charge in [-0.25, -0.2) is 0 Å². The Morgan fingerprint density at radius 3 is 2.41 bits per heavy atom. The minimum Gasteiger partial charge on any atom is -0.0985 e. The summed E-state index contributed by atoms with van der Waals surface area (Å²) in [5.74, 6) is 0. The minimum atomic E-state index is 0.995. The average molecular weight is 282 g/mol. The van der Waals surface area contributed by atoms with E-state index in [1.807, 2.05) is 6.08 Å². The normalized spacial score (nSPS) is 11.8. The first kappa shape index (κ1) is 13.1. The number of hydrogen-bond acceptors (Lipinski definition) is 0. The van der Waals surface area contributed by atoms with E-state index in [0.717, 1.165) is 12.8 Å². The molecule has 0 saturated carbocycles. The quantitative estimate of drug-likeness (QED) is 0.466. The summed E-state index contributed by atoms with van der Waals surface area (Å²) in [6.45, 7) is 3.81. The lowest BCUT2D eigenvalue weighted by Gasteiger charge is -2.09. The third kappa shape index (κ3) is 2.17. The average Bonchev–Trinajstić information content (AvgIpc) is 2.95. The minimum absolute atomic E-state index is 0.995. The zero-order chi connectivity index (χ0) is 14.9. The van der Waals surface area contributed by atoms with Crippen molar-refractivity contribution in [3.05, 3.63) is 101 Å². The fourth-order valence-corrected chi connectivity index (χ4v) is 3.38. The molecule has 106 valence electrons. The van der Waals surface area contributed by atoms with Crippen LogP contribution in [0.2, 0.25) is 0 Å². The van der Waals surface area contributed by atoms with Gasteiger partial charge in [-0.3, -0.25) is 0 Å². The maximum absolute atomic E-state index is 3.81. The number of fused-ring (bicyclic) bond motifs is 3. The Labute approximate surface area is 131 Å². The fraction of sp³-hybridized carbons (Fsp3) is 0.0909. The van der Waals surface area contributed by atoms with Crippen molar-refractivity contribution in [2.45, 2.75) is 12.8 Å². The molecule has 1 aliphatic carbocycles. The highest BCUT2D eigenvalue weighted by Crippen LogP contribution is 2.38. The second-order valence-corrected chi connectivity index (χ2v) is 5.90. The summed E-state index contributed by atoms with van der Waals surface area (Å²) >= 11 is 0. The Hall–Kier alpha value is -2.60. The molecule has 0 fully saturated rings. The Morgan fingerprint density at radius 2 is 1.59 bits per heavy atom. The number of rotatable bonds is 3. The summed E-state index contributed by atoms with van der Waals surface area (Å²) in [6.07, 6.45) is 3.95. The standard InChI is InChI=1S/C22H18/c1-2-16-10-12-17(13-11-16)14-18-7-5-9-21-20-8-4-3-6-19(20)15-22(18)21/h2-13H,1,14-15H2. The highest BCUT2D eigenvalue weighted by atomic mass is 14.2. The Balaban J connectivity index is 1.71. The van der Waals surface area contributed by atoms with Crippen LogP contribution in [0.5, 0.6) is 0 Å². The first-order valence-electron chi connectivity index (χ1n) is 7.75. The maximum Gasteiger partial charge on any atom is -0.00106 e. The molecule has 3 aromatic carbocycles. The molecule has 0 saturated heterocycles. The molecular formula is C22H18. The van der Waals surface area contributed by atoms with Gasteiger partial charge >= 0.3 is 0 Å². The molecule has 0 atom stereocenters. The SMILES string of the molecule is C=Cc1ccc(Cc2cccc3c2Cc2ccccc2-3)cc1. The van der Waals surface area contributed by atoms with Gasteiger partial charge < -0.3 is 0 Å². The molecule has 0 heterocycles. The largest absolute Gasteiger partial charge is 0.0985 e. The highest BCUT2D eigenvalue weighted by Gasteiger charge is 2.20. The van der Waals surface area contributed by atoms with Gasteiger partial charge in [0.15, 0.2) is 0 Å². The number of benzene rings is 3. The summed E-state index contributed by atoms with van der Waals surface area (Å²) in [7, 11) is 0. The maximum atomic E-state index is 3.81. The molecule has 4 rings (SSSR count). The fourth-order valence-electron chi connectivity index (χ4n) is 3.38. The van der Waals surface area contributed by atoms with E-state index in [9.17, 15) is 0 Å². The Bertz CT molecular complexity index is 838. The first-order chi connectivity index (χ1) is 10.8. The van der Waals surface area contributed by atoms with Crippen molar-refractivity contribution in [3.63, 3.8) is 0 Å². The van der Waals surface area contributed by atoms with Gasteiger partial charge in [-0.15, -0.1) is 0 Å². The molecule has 3 aromatic rings. The van der Waals surface area contributed by atoms with Gasteiger partial charge in [-0.05, 0) is 51.8 Å². The van der Waals surface area contributed by atoms with E-state index in [-0.39, 0.29) is 0 Å². The van der Waals surface area contributed by atoms with E-state index in [2.05, 4.69) is 73.3 Å². The van der Waals surface area contributed by atoms with Crippen LogP contribution in [0.4, 0.5) is 0 Å². The molecule has 0 N–H and O–H groups in total. The molecule has 0 bridgehead atoms. The summed E-state index contributed by atoms with van der Waals surface area (Å²) < 4.78 is 0. The monoisotopic (exact) mass is 282 g/mol. The van der Waals surface area contributed by atoms with Crippen molar-refractivity contribution in [1.29, 1.82) is 0 Å². The highest BCUT2D eigenvalue weighted by molar-refractivity contribution is 5.78. The second kappa shape index (κ2) is 5.31. The van der Waals surface area contributed by atoms with Gasteiger partial charge in [0.1, 0.15) is 0 Å². The van der Waals surface area contributed by atoms with Crippen LogP contribution in [0.1, 0.15) is 27.8 Å². The Kier molecular flexibility index (Phi) is 3.16. The molecule has 22 heavy (non-hydrogen) atoms. The van der Waals surface area contributed by atoms with Gasteiger partial charge in [0.25, 0.3) is 0 Å². The molecule has 0 spiro atoms. The van der Waals surface area contributed by atoms with E-state index in [0.29, 0.717) is 0 Å². The molecule has 0 aromatic heterocycles. The molecule has 0 aliphatic heterocycles. The molecular weight excluding hydrogens is 264 g/mol. The molecule has 0 unspecified atom stereocenters.